The van der Waals surface area contributed by atoms with Gasteiger partial charge in [-0.3, -0.25) is 9.59 Å². The van der Waals surface area contributed by atoms with Crippen molar-refractivity contribution in [2.24, 2.45) is 11.0 Å². The monoisotopic (exact) mass is 599 g/mol. The molecule has 38 heavy (non-hydrogen) atoms. The number of benzene rings is 3. The number of nitrogens with one attached hydrogen (secondary N) is 2. The zero-order chi connectivity index (χ0) is 27.5. The normalized spacial score (nSPS) is 11.8. The molecule has 9 heteroatoms. The van der Waals surface area contributed by atoms with Crippen LogP contribution in [0.4, 0.5) is 0 Å². The number of para-hydroxylation sites is 1. The van der Waals surface area contributed by atoms with Crippen LogP contribution in [0.3, 0.4) is 0 Å². The molecule has 0 saturated heterocycles. The molecule has 2 amide bonds. The van der Waals surface area contributed by atoms with E-state index in [-0.39, 0.29) is 18.4 Å². The lowest BCUT2D eigenvalue weighted by molar-refractivity contribution is -0.130. The second kappa shape index (κ2) is 14.5. The van der Waals surface area contributed by atoms with Crippen molar-refractivity contribution in [3.8, 4) is 11.5 Å². The Morgan fingerprint density at radius 3 is 2.47 bits per heavy atom. The van der Waals surface area contributed by atoms with Crippen LogP contribution in [0.15, 0.2) is 76.3 Å². The number of hydrogen-bond donors (Lipinski definition) is 2. The van der Waals surface area contributed by atoms with Gasteiger partial charge in [-0.1, -0.05) is 61.8 Å². The number of hydrogen-bond acceptors (Lipinski definition) is 5. The minimum absolute atomic E-state index is 0.182. The first-order valence-electron chi connectivity index (χ1n) is 12.2. The summed E-state index contributed by atoms with van der Waals surface area (Å²) in [6.45, 7) is 6.01. The van der Waals surface area contributed by atoms with Gasteiger partial charge in [-0.15, -0.1) is 0 Å². The first kappa shape index (κ1) is 29.2. The predicted octanol–water partition coefficient (Wildman–Crippen LogP) is 6.05. The highest BCUT2D eigenvalue weighted by molar-refractivity contribution is 9.10. The molecule has 0 unspecified atom stereocenters. The molecule has 0 spiro atoms. The molecule has 2 N–H and O–H groups in total. The lowest BCUT2D eigenvalue weighted by atomic mass is 10.0. The Morgan fingerprint density at radius 1 is 1.03 bits per heavy atom. The third-order valence-electron chi connectivity index (χ3n) is 5.50. The standard InChI is InChI=1S/C29H31BrClN3O4/c1-19(2)14-25(33-28(35)18-38-26-11-7-4-8-20(26)3)29(36)34-32-16-21-12-13-27(23(30)15-21)37-17-22-9-5-6-10-24(22)31/h4-13,15-16,19,25H,14,17-18H2,1-3H3,(H,33,35)(H,34,36)/b32-16-/t25-/m0/s1. The molecule has 0 saturated carbocycles. The minimum atomic E-state index is -0.743. The van der Waals surface area contributed by atoms with Crippen molar-refractivity contribution in [2.75, 3.05) is 6.61 Å². The fourth-order valence-corrected chi connectivity index (χ4v) is 4.24. The number of halogens is 2. The van der Waals surface area contributed by atoms with Crippen LogP contribution in [0.25, 0.3) is 0 Å². The van der Waals surface area contributed by atoms with Gasteiger partial charge >= 0.3 is 0 Å². The van der Waals surface area contributed by atoms with Gasteiger partial charge in [-0.25, -0.2) is 5.43 Å². The van der Waals surface area contributed by atoms with Crippen LogP contribution in [0, 0.1) is 12.8 Å². The summed E-state index contributed by atoms with van der Waals surface area (Å²) < 4.78 is 12.2. The van der Waals surface area contributed by atoms with E-state index in [0.717, 1.165) is 21.2 Å². The summed E-state index contributed by atoms with van der Waals surface area (Å²) in [4.78, 5) is 25.3. The van der Waals surface area contributed by atoms with E-state index < -0.39 is 11.9 Å². The van der Waals surface area contributed by atoms with Gasteiger partial charge in [0.1, 0.15) is 24.1 Å². The molecule has 7 nitrogen and oxygen atoms in total. The molecule has 0 radical (unpaired) electrons. The second-order valence-corrected chi connectivity index (χ2v) is 10.4. The van der Waals surface area contributed by atoms with Crippen LogP contribution in [-0.2, 0) is 16.2 Å². The van der Waals surface area contributed by atoms with Gasteiger partial charge in [0.05, 0.1) is 10.7 Å². The van der Waals surface area contributed by atoms with E-state index in [1.165, 1.54) is 6.21 Å². The van der Waals surface area contributed by atoms with Crippen molar-refractivity contribution < 1.29 is 19.1 Å². The third-order valence-corrected chi connectivity index (χ3v) is 6.48. The fourth-order valence-electron chi connectivity index (χ4n) is 3.53. The molecule has 200 valence electrons. The first-order chi connectivity index (χ1) is 18.2. The van der Waals surface area contributed by atoms with Crippen LogP contribution in [0.5, 0.6) is 11.5 Å². The summed E-state index contributed by atoms with van der Waals surface area (Å²) in [7, 11) is 0. The molecular formula is C29H31BrClN3O4. The number of rotatable bonds is 12. The molecule has 3 aromatic rings. The van der Waals surface area contributed by atoms with Gasteiger partial charge in [0.25, 0.3) is 11.8 Å². The highest BCUT2D eigenvalue weighted by atomic mass is 79.9. The molecule has 0 bridgehead atoms. The largest absolute Gasteiger partial charge is 0.488 e. The van der Waals surface area contributed by atoms with Crippen LogP contribution in [-0.4, -0.2) is 30.7 Å². The molecule has 1 atom stereocenters. The van der Waals surface area contributed by atoms with E-state index in [4.69, 9.17) is 21.1 Å². The predicted molar refractivity (Wildman–Crippen MR) is 154 cm³/mol. The van der Waals surface area contributed by atoms with Crippen LogP contribution < -0.4 is 20.2 Å². The molecule has 0 aliphatic heterocycles. The Hall–Kier alpha value is -3.36. The minimum Gasteiger partial charge on any atom is -0.488 e. The number of ether oxygens (including phenoxy) is 2. The highest BCUT2D eigenvalue weighted by Crippen LogP contribution is 2.27. The number of carbonyl (C=O) groups is 2. The van der Waals surface area contributed by atoms with E-state index in [0.29, 0.717) is 29.5 Å². The van der Waals surface area contributed by atoms with Crippen molar-refractivity contribution in [3.05, 3.63) is 92.9 Å². The van der Waals surface area contributed by atoms with Gasteiger partial charge in [0.2, 0.25) is 0 Å². The van der Waals surface area contributed by atoms with Gasteiger partial charge in [-0.05, 0) is 76.7 Å². The van der Waals surface area contributed by atoms with Crippen molar-refractivity contribution in [1.29, 1.82) is 0 Å². The van der Waals surface area contributed by atoms with Crippen molar-refractivity contribution >= 4 is 45.6 Å². The Labute approximate surface area is 236 Å². The Bertz CT molecular complexity index is 1280. The molecule has 3 rings (SSSR count). The summed E-state index contributed by atoms with van der Waals surface area (Å²) in [6, 6.07) is 19.7. The molecular weight excluding hydrogens is 570 g/mol. The van der Waals surface area contributed by atoms with Gasteiger partial charge in [-0.2, -0.15) is 5.10 Å². The van der Waals surface area contributed by atoms with Crippen LogP contribution in [0.2, 0.25) is 5.02 Å². The second-order valence-electron chi connectivity index (χ2n) is 9.11. The van der Waals surface area contributed by atoms with Crippen molar-refractivity contribution in [2.45, 2.75) is 39.8 Å². The molecule has 0 aliphatic rings. The lowest BCUT2D eigenvalue weighted by Crippen LogP contribution is -2.47. The summed E-state index contributed by atoms with van der Waals surface area (Å²) in [6.07, 6.45) is 1.98. The summed E-state index contributed by atoms with van der Waals surface area (Å²) in [5.41, 5.74) is 5.09. The van der Waals surface area contributed by atoms with E-state index in [2.05, 4.69) is 31.8 Å². The molecule has 0 fully saturated rings. The maximum atomic E-state index is 12.8. The number of aryl methyl sites for hydroxylation is 1. The maximum absolute atomic E-state index is 12.8. The molecule has 0 aromatic heterocycles. The average Bonchev–Trinajstić information content (AvgIpc) is 2.88. The number of amides is 2. The Kier molecular flexibility index (Phi) is 11.2. The first-order valence-corrected chi connectivity index (χ1v) is 13.4. The number of nitrogens with zero attached hydrogens (tertiary/aromatic N) is 1. The highest BCUT2D eigenvalue weighted by Gasteiger charge is 2.22. The molecule has 0 heterocycles. The van der Waals surface area contributed by atoms with Crippen LogP contribution in [0.1, 0.15) is 37.0 Å². The summed E-state index contributed by atoms with van der Waals surface area (Å²) in [5, 5.41) is 7.47. The third kappa shape index (κ3) is 9.19. The molecule has 3 aromatic carbocycles. The quantitative estimate of drug-likeness (QED) is 0.196. The van der Waals surface area contributed by atoms with E-state index >= 15 is 0 Å². The topological polar surface area (TPSA) is 89.0 Å². The zero-order valence-electron chi connectivity index (χ0n) is 21.5. The number of carbonyl (C=O) groups excluding carboxylic acids is 2. The Balaban J connectivity index is 1.54. The average molecular weight is 601 g/mol. The van der Waals surface area contributed by atoms with E-state index in [1.54, 1.807) is 12.1 Å². The number of hydrazone groups is 1. The Morgan fingerprint density at radius 2 is 1.76 bits per heavy atom. The van der Waals surface area contributed by atoms with Gasteiger partial charge in [0.15, 0.2) is 6.61 Å². The van der Waals surface area contributed by atoms with Crippen molar-refractivity contribution in [1.82, 2.24) is 10.7 Å². The van der Waals surface area contributed by atoms with Crippen LogP contribution >= 0.6 is 27.5 Å². The van der Waals surface area contributed by atoms with E-state index in [1.807, 2.05) is 75.4 Å². The molecule has 0 aliphatic carbocycles. The maximum Gasteiger partial charge on any atom is 0.262 e. The fraction of sp³-hybridized carbons (Fsp3) is 0.276. The lowest BCUT2D eigenvalue weighted by Gasteiger charge is -2.19. The van der Waals surface area contributed by atoms with Gasteiger partial charge < -0.3 is 14.8 Å². The SMILES string of the molecule is Cc1ccccc1OCC(=O)N[C@@H](CC(C)C)C(=O)N/N=C\c1ccc(OCc2ccccc2Cl)c(Br)c1. The smallest absolute Gasteiger partial charge is 0.262 e. The summed E-state index contributed by atoms with van der Waals surface area (Å²) in [5.74, 6) is 0.677. The zero-order valence-corrected chi connectivity index (χ0v) is 23.9. The summed E-state index contributed by atoms with van der Waals surface area (Å²) >= 11 is 9.70. The van der Waals surface area contributed by atoms with Gasteiger partial charge in [0, 0.05) is 10.6 Å². The van der Waals surface area contributed by atoms with Crippen molar-refractivity contribution in [3.63, 3.8) is 0 Å². The van der Waals surface area contributed by atoms with E-state index in [9.17, 15) is 9.59 Å².